The summed E-state index contributed by atoms with van der Waals surface area (Å²) in [7, 11) is 0. The van der Waals surface area contributed by atoms with Gasteiger partial charge in [-0.25, -0.2) is 4.98 Å². The van der Waals surface area contributed by atoms with Gasteiger partial charge in [0.25, 0.3) is 5.56 Å². The number of fused-ring (bicyclic) bond motifs is 1. The first-order valence-electron chi connectivity index (χ1n) is 7.00. The Morgan fingerprint density at radius 3 is 2.47 bits per heavy atom. The summed E-state index contributed by atoms with van der Waals surface area (Å²) >= 11 is 0. The highest BCUT2D eigenvalue weighted by Crippen LogP contribution is 2.28. The minimum Gasteiger partial charge on any atom is -0.351 e. The quantitative estimate of drug-likeness (QED) is 0.807. The van der Waals surface area contributed by atoms with Gasteiger partial charge in [-0.1, -0.05) is 0 Å². The van der Waals surface area contributed by atoms with Gasteiger partial charge < -0.3 is 14.8 Å². The predicted octanol–water partition coefficient (Wildman–Crippen LogP) is 0.654. The van der Waals surface area contributed by atoms with Gasteiger partial charge in [-0.2, -0.15) is 0 Å². The fraction of sp³-hybridized carbons (Fsp3) is 0.714. The predicted molar refractivity (Wildman–Crippen MR) is 75.6 cm³/mol. The highest BCUT2D eigenvalue weighted by Gasteiger charge is 2.37. The molecule has 2 saturated heterocycles. The molecule has 0 amide bonds. The molecule has 104 valence electrons. The van der Waals surface area contributed by atoms with Crippen molar-refractivity contribution in [2.45, 2.75) is 26.3 Å². The van der Waals surface area contributed by atoms with Gasteiger partial charge in [0.2, 0.25) is 0 Å². The van der Waals surface area contributed by atoms with Gasteiger partial charge in [-0.05, 0) is 32.6 Å². The van der Waals surface area contributed by atoms with Crippen molar-refractivity contribution < 1.29 is 0 Å². The maximum atomic E-state index is 12.6. The van der Waals surface area contributed by atoms with Crippen molar-refractivity contribution in [3.05, 3.63) is 22.7 Å². The number of rotatable bonds is 1. The number of nitrogens with one attached hydrogen (secondary N) is 1. The van der Waals surface area contributed by atoms with Crippen LogP contribution in [0, 0.1) is 11.8 Å². The van der Waals surface area contributed by atoms with Crippen LogP contribution in [0.25, 0.3) is 0 Å². The first-order chi connectivity index (χ1) is 8.97. The highest BCUT2D eigenvalue weighted by molar-refractivity contribution is 5.38. The molecule has 19 heavy (non-hydrogen) atoms. The SMILES string of the molecule is CC(C)(C)n1ccnc(N2CC3CNCC3C2)c1=O. The zero-order valence-electron chi connectivity index (χ0n) is 11.9. The summed E-state index contributed by atoms with van der Waals surface area (Å²) < 4.78 is 1.78. The molecule has 1 N–H and O–H groups in total. The largest absolute Gasteiger partial charge is 0.351 e. The van der Waals surface area contributed by atoms with E-state index in [0.29, 0.717) is 17.7 Å². The van der Waals surface area contributed by atoms with E-state index in [1.165, 1.54) is 0 Å². The summed E-state index contributed by atoms with van der Waals surface area (Å²) in [4.78, 5) is 19.1. The molecule has 5 nitrogen and oxygen atoms in total. The van der Waals surface area contributed by atoms with E-state index in [1.54, 1.807) is 17.0 Å². The fourth-order valence-electron chi connectivity index (χ4n) is 3.17. The minimum atomic E-state index is -0.202. The lowest BCUT2D eigenvalue weighted by Gasteiger charge is -2.25. The lowest BCUT2D eigenvalue weighted by Crippen LogP contribution is -2.39. The molecule has 0 bridgehead atoms. The molecule has 0 spiro atoms. The molecule has 5 heteroatoms. The van der Waals surface area contributed by atoms with Crippen LogP contribution in [0.4, 0.5) is 5.82 Å². The summed E-state index contributed by atoms with van der Waals surface area (Å²) in [6.07, 6.45) is 3.53. The Balaban J connectivity index is 1.92. The van der Waals surface area contributed by atoms with Crippen LogP contribution in [0.1, 0.15) is 20.8 Å². The van der Waals surface area contributed by atoms with Gasteiger partial charge in [0.05, 0.1) is 0 Å². The van der Waals surface area contributed by atoms with Crippen LogP contribution in [-0.4, -0.2) is 35.7 Å². The van der Waals surface area contributed by atoms with Gasteiger partial charge in [0, 0.05) is 44.1 Å². The van der Waals surface area contributed by atoms with E-state index in [2.05, 4.69) is 15.2 Å². The van der Waals surface area contributed by atoms with E-state index in [9.17, 15) is 4.79 Å². The molecule has 0 aromatic carbocycles. The van der Waals surface area contributed by atoms with Crippen LogP contribution < -0.4 is 15.8 Å². The van der Waals surface area contributed by atoms with Crippen molar-refractivity contribution >= 4 is 5.82 Å². The second-order valence-electron chi connectivity index (χ2n) is 6.68. The Morgan fingerprint density at radius 2 is 1.89 bits per heavy atom. The Morgan fingerprint density at radius 1 is 1.26 bits per heavy atom. The average Bonchev–Trinajstić information content (AvgIpc) is 2.87. The monoisotopic (exact) mass is 262 g/mol. The summed E-state index contributed by atoms with van der Waals surface area (Å²) in [5.41, 5.74) is -0.172. The van der Waals surface area contributed by atoms with Crippen molar-refractivity contribution in [1.29, 1.82) is 0 Å². The van der Waals surface area contributed by atoms with E-state index in [-0.39, 0.29) is 11.1 Å². The third-order valence-corrected chi connectivity index (χ3v) is 4.23. The van der Waals surface area contributed by atoms with E-state index in [0.717, 1.165) is 26.2 Å². The topological polar surface area (TPSA) is 50.2 Å². The van der Waals surface area contributed by atoms with Crippen LogP contribution in [0.15, 0.2) is 17.2 Å². The second-order valence-corrected chi connectivity index (χ2v) is 6.68. The third kappa shape index (κ3) is 2.16. The molecule has 0 aliphatic carbocycles. The van der Waals surface area contributed by atoms with E-state index < -0.39 is 0 Å². The van der Waals surface area contributed by atoms with Gasteiger partial charge in [-0.15, -0.1) is 0 Å². The van der Waals surface area contributed by atoms with Gasteiger partial charge >= 0.3 is 0 Å². The maximum Gasteiger partial charge on any atom is 0.293 e. The standard InChI is InChI=1S/C14H22N4O/c1-14(2,3)18-5-4-16-12(13(18)19)17-8-10-6-15-7-11(10)9-17/h4-5,10-11,15H,6-9H2,1-3H3. The van der Waals surface area contributed by atoms with E-state index in [4.69, 9.17) is 0 Å². The lowest BCUT2D eigenvalue weighted by molar-refractivity contribution is 0.382. The Kier molecular flexibility index (Phi) is 2.89. The molecule has 2 unspecified atom stereocenters. The molecular formula is C14H22N4O. The number of aromatic nitrogens is 2. The summed E-state index contributed by atoms with van der Waals surface area (Å²) in [5.74, 6) is 1.96. The Bertz CT molecular complexity index is 519. The average molecular weight is 262 g/mol. The molecule has 3 rings (SSSR count). The van der Waals surface area contributed by atoms with Crippen molar-refractivity contribution in [1.82, 2.24) is 14.9 Å². The first-order valence-corrected chi connectivity index (χ1v) is 7.00. The van der Waals surface area contributed by atoms with Crippen LogP contribution in [0.3, 0.4) is 0 Å². The van der Waals surface area contributed by atoms with Crippen molar-refractivity contribution in [2.24, 2.45) is 11.8 Å². The zero-order valence-corrected chi connectivity index (χ0v) is 11.9. The summed E-state index contributed by atoms with van der Waals surface area (Å²) in [6.45, 7) is 10.2. The summed E-state index contributed by atoms with van der Waals surface area (Å²) in [5, 5.41) is 3.42. The molecule has 0 saturated carbocycles. The molecule has 2 fully saturated rings. The summed E-state index contributed by atoms with van der Waals surface area (Å²) in [6, 6.07) is 0. The normalized spacial score (nSPS) is 26.8. The molecule has 0 radical (unpaired) electrons. The van der Waals surface area contributed by atoms with Crippen molar-refractivity contribution in [3.63, 3.8) is 0 Å². The number of hydrogen-bond acceptors (Lipinski definition) is 4. The lowest BCUT2D eigenvalue weighted by atomic mass is 10.0. The van der Waals surface area contributed by atoms with Crippen LogP contribution >= 0.6 is 0 Å². The number of hydrogen-bond donors (Lipinski definition) is 1. The fourth-order valence-corrected chi connectivity index (χ4v) is 3.17. The maximum absolute atomic E-state index is 12.6. The molecule has 1 aromatic heterocycles. The van der Waals surface area contributed by atoms with Crippen molar-refractivity contribution in [3.8, 4) is 0 Å². The Labute approximate surface area is 113 Å². The third-order valence-electron chi connectivity index (χ3n) is 4.23. The smallest absolute Gasteiger partial charge is 0.293 e. The zero-order chi connectivity index (χ0) is 13.6. The first kappa shape index (κ1) is 12.7. The molecular weight excluding hydrogens is 240 g/mol. The van der Waals surface area contributed by atoms with Gasteiger partial charge in [-0.3, -0.25) is 4.79 Å². The number of anilines is 1. The van der Waals surface area contributed by atoms with Crippen LogP contribution in [-0.2, 0) is 5.54 Å². The molecule has 2 aliphatic heterocycles. The molecule has 3 heterocycles. The Hall–Kier alpha value is -1.36. The second kappa shape index (κ2) is 4.34. The van der Waals surface area contributed by atoms with Crippen LogP contribution in [0.5, 0.6) is 0 Å². The van der Waals surface area contributed by atoms with Gasteiger partial charge in [0.15, 0.2) is 5.82 Å². The molecule has 2 atom stereocenters. The van der Waals surface area contributed by atoms with Crippen LogP contribution in [0.2, 0.25) is 0 Å². The van der Waals surface area contributed by atoms with Crippen molar-refractivity contribution in [2.75, 3.05) is 31.1 Å². The van der Waals surface area contributed by atoms with Gasteiger partial charge in [0.1, 0.15) is 0 Å². The highest BCUT2D eigenvalue weighted by atomic mass is 16.1. The number of nitrogens with zero attached hydrogens (tertiary/aromatic N) is 3. The van der Waals surface area contributed by atoms with E-state index in [1.807, 2.05) is 20.8 Å². The van der Waals surface area contributed by atoms with E-state index >= 15 is 0 Å². The molecule has 1 aromatic rings. The molecule has 2 aliphatic rings. The minimum absolute atomic E-state index is 0.0305.